The summed E-state index contributed by atoms with van der Waals surface area (Å²) in [5.74, 6) is 0.720. The highest BCUT2D eigenvalue weighted by atomic mass is 79.9. The standard InChI is InChI=1S/C15H15BrN2O3/c1-10(17)13-4-2-3-5-15(13)21-9-11-6-7-12(18(19)20)8-14(11)16/h2-8,10H,9,17H2,1H3. The van der Waals surface area contributed by atoms with Crippen LogP contribution in [0.2, 0.25) is 0 Å². The van der Waals surface area contributed by atoms with E-state index in [0.29, 0.717) is 11.1 Å². The van der Waals surface area contributed by atoms with Gasteiger partial charge in [0, 0.05) is 33.8 Å². The molecule has 2 aromatic carbocycles. The van der Waals surface area contributed by atoms with Crippen molar-refractivity contribution in [1.82, 2.24) is 0 Å². The zero-order valence-corrected chi connectivity index (χ0v) is 13.0. The number of ether oxygens (including phenoxy) is 1. The van der Waals surface area contributed by atoms with Crippen molar-refractivity contribution in [2.75, 3.05) is 0 Å². The first-order valence-electron chi connectivity index (χ1n) is 6.39. The van der Waals surface area contributed by atoms with Crippen molar-refractivity contribution in [3.05, 3.63) is 68.2 Å². The number of benzene rings is 2. The molecule has 0 bridgehead atoms. The fourth-order valence-electron chi connectivity index (χ4n) is 1.91. The van der Waals surface area contributed by atoms with Gasteiger partial charge in [-0.2, -0.15) is 0 Å². The van der Waals surface area contributed by atoms with Gasteiger partial charge in [0.1, 0.15) is 12.4 Å². The molecular formula is C15H15BrN2O3. The van der Waals surface area contributed by atoms with Crippen LogP contribution in [0.3, 0.4) is 0 Å². The van der Waals surface area contributed by atoms with Gasteiger partial charge in [-0.1, -0.05) is 34.1 Å². The molecule has 5 nitrogen and oxygen atoms in total. The second kappa shape index (κ2) is 6.69. The number of rotatable bonds is 5. The molecular weight excluding hydrogens is 336 g/mol. The Hall–Kier alpha value is -1.92. The lowest BCUT2D eigenvalue weighted by Crippen LogP contribution is -2.08. The molecule has 1 unspecified atom stereocenters. The van der Waals surface area contributed by atoms with Crippen molar-refractivity contribution >= 4 is 21.6 Å². The van der Waals surface area contributed by atoms with Gasteiger partial charge in [0.25, 0.3) is 5.69 Å². The predicted octanol–water partition coefficient (Wildman–Crippen LogP) is 3.96. The molecule has 0 heterocycles. The minimum absolute atomic E-state index is 0.0432. The van der Waals surface area contributed by atoms with E-state index in [2.05, 4.69) is 15.9 Å². The molecule has 21 heavy (non-hydrogen) atoms. The summed E-state index contributed by atoms with van der Waals surface area (Å²) in [4.78, 5) is 10.3. The predicted molar refractivity (Wildman–Crippen MR) is 84.2 cm³/mol. The second-order valence-electron chi connectivity index (χ2n) is 4.65. The highest BCUT2D eigenvalue weighted by molar-refractivity contribution is 9.10. The number of para-hydroxylation sites is 1. The number of non-ortho nitro benzene ring substituents is 1. The van der Waals surface area contributed by atoms with E-state index in [1.165, 1.54) is 12.1 Å². The molecule has 0 aliphatic rings. The number of hydrogen-bond acceptors (Lipinski definition) is 4. The minimum Gasteiger partial charge on any atom is -0.489 e. The quantitative estimate of drug-likeness (QED) is 0.653. The Kier molecular flexibility index (Phi) is 4.93. The Morgan fingerprint density at radius 3 is 2.67 bits per heavy atom. The van der Waals surface area contributed by atoms with Crippen molar-refractivity contribution in [2.45, 2.75) is 19.6 Å². The third kappa shape index (κ3) is 3.80. The maximum atomic E-state index is 10.7. The van der Waals surface area contributed by atoms with Crippen LogP contribution in [0.1, 0.15) is 24.1 Å². The lowest BCUT2D eigenvalue weighted by molar-refractivity contribution is -0.384. The number of nitro benzene ring substituents is 1. The number of hydrogen-bond donors (Lipinski definition) is 1. The monoisotopic (exact) mass is 350 g/mol. The van der Waals surface area contributed by atoms with Crippen LogP contribution in [0.15, 0.2) is 46.9 Å². The summed E-state index contributed by atoms with van der Waals surface area (Å²) in [5, 5.41) is 10.7. The van der Waals surface area contributed by atoms with Gasteiger partial charge < -0.3 is 10.5 Å². The van der Waals surface area contributed by atoms with E-state index in [1.54, 1.807) is 6.07 Å². The first kappa shape index (κ1) is 15.5. The van der Waals surface area contributed by atoms with Crippen LogP contribution in [0.25, 0.3) is 0 Å². The molecule has 0 aliphatic carbocycles. The Morgan fingerprint density at radius 2 is 2.05 bits per heavy atom. The van der Waals surface area contributed by atoms with Crippen molar-refractivity contribution in [3.63, 3.8) is 0 Å². The molecule has 0 aliphatic heterocycles. The number of nitrogens with zero attached hydrogens (tertiary/aromatic N) is 1. The maximum absolute atomic E-state index is 10.7. The fourth-order valence-corrected chi connectivity index (χ4v) is 2.39. The minimum atomic E-state index is -0.430. The van der Waals surface area contributed by atoms with E-state index in [-0.39, 0.29) is 11.7 Å². The number of nitrogens with two attached hydrogens (primary N) is 1. The molecule has 2 N–H and O–H groups in total. The normalized spacial score (nSPS) is 12.0. The highest BCUT2D eigenvalue weighted by Gasteiger charge is 2.11. The zero-order chi connectivity index (χ0) is 15.4. The van der Waals surface area contributed by atoms with Crippen LogP contribution in [0.4, 0.5) is 5.69 Å². The van der Waals surface area contributed by atoms with Crippen LogP contribution >= 0.6 is 15.9 Å². The van der Waals surface area contributed by atoms with Gasteiger partial charge in [0.05, 0.1) is 4.92 Å². The van der Waals surface area contributed by atoms with Gasteiger partial charge >= 0.3 is 0 Å². The molecule has 0 saturated carbocycles. The van der Waals surface area contributed by atoms with Crippen molar-refractivity contribution in [1.29, 1.82) is 0 Å². The average Bonchev–Trinajstić information content (AvgIpc) is 2.46. The lowest BCUT2D eigenvalue weighted by atomic mass is 10.1. The Balaban J connectivity index is 2.15. The van der Waals surface area contributed by atoms with Crippen molar-refractivity contribution < 1.29 is 9.66 Å². The molecule has 0 aromatic heterocycles. The van der Waals surface area contributed by atoms with Gasteiger partial charge in [-0.25, -0.2) is 0 Å². The van der Waals surface area contributed by atoms with E-state index in [9.17, 15) is 10.1 Å². The van der Waals surface area contributed by atoms with Gasteiger partial charge in [0.15, 0.2) is 0 Å². The average molecular weight is 351 g/mol. The van der Waals surface area contributed by atoms with E-state index in [0.717, 1.165) is 16.9 Å². The van der Waals surface area contributed by atoms with E-state index in [4.69, 9.17) is 10.5 Å². The first-order chi connectivity index (χ1) is 9.99. The molecule has 110 valence electrons. The van der Waals surface area contributed by atoms with Crippen molar-refractivity contribution in [3.8, 4) is 5.75 Å². The van der Waals surface area contributed by atoms with Gasteiger partial charge in [-0.3, -0.25) is 10.1 Å². The topological polar surface area (TPSA) is 78.4 Å². The van der Waals surface area contributed by atoms with Gasteiger partial charge in [0.2, 0.25) is 0 Å². The maximum Gasteiger partial charge on any atom is 0.270 e. The fraction of sp³-hybridized carbons (Fsp3) is 0.200. The van der Waals surface area contributed by atoms with Crippen LogP contribution in [0.5, 0.6) is 5.75 Å². The Bertz CT molecular complexity index is 659. The summed E-state index contributed by atoms with van der Waals surface area (Å²) in [6.07, 6.45) is 0. The van der Waals surface area contributed by atoms with Crippen LogP contribution < -0.4 is 10.5 Å². The summed E-state index contributed by atoms with van der Waals surface area (Å²) in [5.41, 5.74) is 7.71. The largest absolute Gasteiger partial charge is 0.489 e. The van der Waals surface area contributed by atoms with Gasteiger partial charge in [-0.05, 0) is 19.1 Å². The molecule has 1 atom stereocenters. The third-order valence-electron chi connectivity index (χ3n) is 3.04. The van der Waals surface area contributed by atoms with Crippen LogP contribution in [0, 0.1) is 10.1 Å². The molecule has 0 radical (unpaired) electrons. The summed E-state index contributed by atoms with van der Waals surface area (Å²) in [7, 11) is 0. The molecule has 2 aromatic rings. The summed E-state index contributed by atoms with van der Waals surface area (Å²) in [6.45, 7) is 2.20. The van der Waals surface area contributed by atoms with Gasteiger partial charge in [-0.15, -0.1) is 0 Å². The van der Waals surface area contributed by atoms with E-state index in [1.807, 2.05) is 31.2 Å². The molecule has 2 rings (SSSR count). The molecule has 0 fully saturated rings. The van der Waals surface area contributed by atoms with Crippen molar-refractivity contribution in [2.24, 2.45) is 5.73 Å². The summed E-state index contributed by atoms with van der Waals surface area (Å²) < 4.78 is 6.43. The molecule has 0 amide bonds. The Morgan fingerprint density at radius 1 is 1.33 bits per heavy atom. The Labute approximate surface area is 131 Å². The molecule has 6 heteroatoms. The summed E-state index contributed by atoms with van der Waals surface area (Å²) in [6, 6.07) is 12.1. The smallest absolute Gasteiger partial charge is 0.270 e. The van der Waals surface area contributed by atoms with Crippen LogP contribution in [-0.2, 0) is 6.61 Å². The SMILES string of the molecule is CC(N)c1ccccc1OCc1ccc([N+](=O)[O-])cc1Br. The summed E-state index contributed by atoms with van der Waals surface area (Å²) >= 11 is 3.33. The van der Waals surface area contributed by atoms with E-state index < -0.39 is 4.92 Å². The zero-order valence-electron chi connectivity index (χ0n) is 11.5. The van der Waals surface area contributed by atoms with Crippen LogP contribution in [-0.4, -0.2) is 4.92 Å². The lowest BCUT2D eigenvalue weighted by Gasteiger charge is -2.14. The molecule has 0 spiro atoms. The second-order valence-corrected chi connectivity index (χ2v) is 5.50. The number of halogens is 1. The first-order valence-corrected chi connectivity index (χ1v) is 7.18. The highest BCUT2D eigenvalue weighted by Crippen LogP contribution is 2.27. The third-order valence-corrected chi connectivity index (χ3v) is 3.78. The van der Waals surface area contributed by atoms with E-state index >= 15 is 0 Å². The molecule has 0 saturated heterocycles. The number of nitro groups is 1.